The zero-order chi connectivity index (χ0) is 13.7. The van der Waals surface area contributed by atoms with Crippen LogP contribution in [0.25, 0.3) is 0 Å². The molecule has 1 heterocycles. The smallest absolute Gasteiger partial charge is 0.187 e. The van der Waals surface area contributed by atoms with Crippen LogP contribution in [0.4, 0.5) is 0 Å². The third-order valence-electron chi connectivity index (χ3n) is 2.30. The average molecular weight is 359 g/mol. The second-order valence-electron chi connectivity index (χ2n) is 3.65. The summed E-state index contributed by atoms with van der Waals surface area (Å²) < 4.78 is 25.0. The van der Waals surface area contributed by atoms with E-state index in [4.69, 9.17) is 0 Å². The van der Waals surface area contributed by atoms with Gasteiger partial charge >= 0.3 is 0 Å². The molecule has 1 aromatic carbocycles. The monoisotopic (exact) mass is 358 g/mol. The van der Waals surface area contributed by atoms with Crippen molar-refractivity contribution in [2.24, 2.45) is 0 Å². The third kappa shape index (κ3) is 4.29. The van der Waals surface area contributed by atoms with E-state index in [0.29, 0.717) is 15.8 Å². The molecule has 0 radical (unpaired) electrons. The highest BCUT2D eigenvalue weighted by atomic mass is 79.9. The predicted octanol–water partition coefficient (Wildman–Crippen LogP) is 2.81. The van der Waals surface area contributed by atoms with Crippen LogP contribution in [0.5, 0.6) is 0 Å². The zero-order valence-corrected chi connectivity index (χ0v) is 13.1. The number of sulfone groups is 1. The summed E-state index contributed by atoms with van der Waals surface area (Å²) in [6, 6.07) is 8.37. The summed E-state index contributed by atoms with van der Waals surface area (Å²) in [5, 5.41) is 0.591. The van der Waals surface area contributed by atoms with Gasteiger partial charge in [0.25, 0.3) is 0 Å². The summed E-state index contributed by atoms with van der Waals surface area (Å²) in [7, 11) is -3.24. The molecule has 7 heteroatoms. The maximum Gasteiger partial charge on any atom is 0.187 e. The molecule has 2 aromatic rings. The Hall–Kier alpha value is -0.920. The largest absolute Gasteiger partial charge is 0.231 e. The van der Waals surface area contributed by atoms with Crippen molar-refractivity contribution in [1.29, 1.82) is 0 Å². The number of benzene rings is 1. The van der Waals surface area contributed by atoms with E-state index in [0.717, 1.165) is 4.47 Å². The second kappa shape index (κ2) is 6.49. The first-order valence-electron chi connectivity index (χ1n) is 5.46. The van der Waals surface area contributed by atoms with Crippen molar-refractivity contribution in [3.63, 3.8) is 0 Å². The molecule has 100 valence electrons. The quantitative estimate of drug-likeness (QED) is 0.607. The van der Waals surface area contributed by atoms with Crippen LogP contribution in [0.1, 0.15) is 0 Å². The van der Waals surface area contributed by atoms with Crippen LogP contribution in [0.2, 0.25) is 0 Å². The van der Waals surface area contributed by atoms with Crippen molar-refractivity contribution in [3.05, 3.63) is 47.2 Å². The van der Waals surface area contributed by atoms with Crippen molar-refractivity contribution >= 4 is 37.5 Å². The van der Waals surface area contributed by atoms with E-state index < -0.39 is 9.84 Å². The van der Waals surface area contributed by atoms with Crippen molar-refractivity contribution in [2.45, 2.75) is 10.1 Å². The highest BCUT2D eigenvalue weighted by Gasteiger charge is 2.14. The van der Waals surface area contributed by atoms with Gasteiger partial charge in [-0.05, 0) is 30.3 Å². The van der Waals surface area contributed by atoms with Gasteiger partial charge in [-0.1, -0.05) is 27.7 Å². The maximum atomic E-state index is 12.1. The molecule has 4 nitrogen and oxygen atoms in total. The SMILES string of the molecule is O=S(=O)(CCSc1ncccn1)c1ccc(Br)cc1. The molecule has 0 N–H and O–H groups in total. The number of thioether (sulfide) groups is 1. The molecule has 0 atom stereocenters. The van der Waals surface area contributed by atoms with E-state index in [1.165, 1.54) is 11.8 Å². The van der Waals surface area contributed by atoms with E-state index in [9.17, 15) is 8.42 Å². The Labute approximate surface area is 124 Å². The Morgan fingerprint density at radius 3 is 2.37 bits per heavy atom. The molecule has 0 saturated heterocycles. The first-order valence-corrected chi connectivity index (χ1v) is 8.89. The van der Waals surface area contributed by atoms with E-state index >= 15 is 0 Å². The van der Waals surface area contributed by atoms with Gasteiger partial charge in [0, 0.05) is 22.6 Å². The van der Waals surface area contributed by atoms with Crippen molar-refractivity contribution in [1.82, 2.24) is 9.97 Å². The van der Waals surface area contributed by atoms with Crippen LogP contribution in [-0.4, -0.2) is 29.9 Å². The molecule has 0 aliphatic rings. The minimum Gasteiger partial charge on any atom is -0.231 e. The fraction of sp³-hybridized carbons (Fsp3) is 0.167. The Balaban J connectivity index is 1.97. The first-order chi connectivity index (χ1) is 9.08. The second-order valence-corrected chi connectivity index (χ2v) is 7.74. The number of rotatable bonds is 5. The lowest BCUT2D eigenvalue weighted by Gasteiger charge is -2.04. The molecule has 0 bridgehead atoms. The van der Waals surface area contributed by atoms with E-state index in [2.05, 4.69) is 25.9 Å². The van der Waals surface area contributed by atoms with Crippen molar-refractivity contribution < 1.29 is 8.42 Å². The van der Waals surface area contributed by atoms with Gasteiger partial charge in [0.1, 0.15) is 0 Å². The Morgan fingerprint density at radius 2 is 1.74 bits per heavy atom. The molecule has 1 aromatic heterocycles. The van der Waals surface area contributed by atoms with Crippen LogP contribution in [0, 0.1) is 0 Å². The van der Waals surface area contributed by atoms with Crippen LogP contribution < -0.4 is 0 Å². The van der Waals surface area contributed by atoms with E-state index in [1.54, 1.807) is 42.7 Å². The van der Waals surface area contributed by atoms with Gasteiger partial charge in [0.15, 0.2) is 15.0 Å². The number of hydrogen-bond donors (Lipinski definition) is 0. The zero-order valence-electron chi connectivity index (χ0n) is 9.86. The molecule has 0 fully saturated rings. The van der Waals surface area contributed by atoms with Crippen molar-refractivity contribution in [2.75, 3.05) is 11.5 Å². The molecule has 0 amide bonds. The first kappa shape index (κ1) is 14.5. The molecular weight excluding hydrogens is 348 g/mol. The molecule has 2 rings (SSSR count). The molecule has 0 aliphatic carbocycles. The summed E-state index contributed by atoms with van der Waals surface area (Å²) in [6.07, 6.45) is 3.27. The molecule has 0 saturated carbocycles. The lowest BCUT2D eigenvalue weighted by Crippen LogP contribution is -2.09. The molecule has 0 aliphatic heterocycles. The lowest BCUT2D eigenvalue weighted by atomic mass is 10.4. The van der Waals surface area contributed by atoms with Crippen LogP contribution in [0.3, 0.4) is 0 Å². The van der Waals surface area contributed by atoms with Gasteiger partial charge in [-0.25, -0.2) is 18.4 Å². The van der Waals surface area contributed by atoms with Gasteiger partial charge in [0.05, 0.1) is 10.6 Å². The maximum absolute atomic E-state index is 12.1. The lowest BCUT2D eigenvalue weighted by molar-refractivity contribution is 0.597. The van der Waals surface area contributed by atoms with Crippen molar-refractivity contribution in [3.8, 4) is 0 Å². The fourth-order valence-electron chi connectivity index (χ4n) is 1.36. The number of halogens is 1. The van der Waals surface area contributed by atoms with Crippen LogP contribution in [-0.2, 0) is 9.84 Å². The minimum atomic E-state index is -3.24. The Morgan fingerprint density at radius 1 is 1.11 bits per heavy atom. The summed E-state index contributed by atoms with van der Waals surface area (Å²) >= 11 is 4.61. The van der Waals surface area contributed by atoms with Gasteiger partial charge in [-0.2, -0.15) is 0 Å². The predicted molar refractivity (Wildman–Crippen MR) is 79.0 cm³/mol. The van der Waals surface area contributed by atoms with E-state index in [-0.39, 0.29) is 5.75 Å². The van der Waals surface area contributed by atoms with Gasteiger partial charge in [0.2, 0.25) is 0 Å². The standard InChI is InChI=1S/C12H11BrN2O2S2/c13-10-2-4-11(5-3-10)19(16,17)9-8-18-12-14-6-1-7-15-12/h1-7H,8-9H2. The van der Waals surface area contributed by atoms with Crippen LogP contribution >= 0.6 is 27.7 Å². The molecule has 0 spiro atoms. The fourth-order valence-corrected chi connectivity index (χ4v) is 4.08. The number of aromatic nitrogens is 2. The van der Waals surface area contributed by atoms with Crippen LogP contribution in [0.15, 0.2) is 57.3 Å². The summed E-state index contributed by atoms with van der Waals surface area (Å²) in [5.41, 5.74) is 0. The summed E-state index contributed by atoms with van der Waals surface area (Å²) in [4.78, 5) is 8.41. The number of nitrogens with zero attached hydrogens (tertiary/aromatic N) is 2. The Bertz CT molecular complexity index is 631. The summed E-state index contributed by atoms with van der Waals surface area (Å²) in [6.45, 7) is 0. The Kier molecular flexibility index (Phi) is 4.95. The normalized spacial score (nSPS) is 11.4. The molecular formula is C12H11BrN2O2S2. The van der Waals surface area contributed by atoms with Gasteiger partial charge in [-0.15, -0.1) is 0 Å². The van der Waals surface area contributed by atoms with E-state index in [1.807, 2.05) is 0 Å². The molecule has 19 heavy (non-hydrogen) atoms. The molecule has 0 unspecified atom stereocenters. The van der Waals surface area contributed by atoms with Gasteiger partial charge in [-0.3, -0.25) is 0 Å². The minimum absolute atomic E-state index is 0.0670. The highest BCUT2D eigenvalue weighted by molar-refractivity contribution is 9.10. The summed E-state index contributed by atoms with van der Waals surface area (Å²) in [5.74, 6) is 0.500. The number of hydrogen-bond acceptors (Lipinski definition) is 5. The topological polar surface area (TPSA) is 59.9 Å². The average Bonchev–Trinajstić information content (AvgIpc) is 2.40. The third-order valence-corrected chi connectivity index (χ3v) is 5.69. The highest BCUT2D eigenvalue weighted by Crippen LogP contribution is 2.18. The van der Waals surface area contributed by atoms with Gasteiger partial charge < -0.3 is 0 Å².